The van der Waals surface area contributed by atoms with Crippen molar-refractivity contribution in [2.24, 2.45) is 0 Å². The van der Waals surface area contributed by atoms with Crippen molar-refractivity contribution in [2.45, 2.75) is 38.4 Å². The van der Waals surface area contributed by atoms with Crippen molar-refractivity contribution in [2.75, 3.05) is 19.5 Å². The SMILES string of the molecule is COc1ccc(CCOc2cc(Cl)cc(Cl)c2-c2nc(N)nc3c2CN(C(=O)NC2CC2)C3)cc1. The number of nitrogens with one attached hydrogen (secondary N) is 1. The monoisotopic (exact) mass is 513 g/mol. The van der Waals surface area contributed by atoms with E-state index in [1.165, 1.54) is 0 Å². The molecule has 2 amide bonds. The highest BCUT2D eigenvalue weighted by molar-refractivity contribution is 6.37. The van der Waals surface area contributed by atoms with E-state index >= 15 is 0 Å². The highest BCUT2D eigenvalue weighted by Crippen LogP contribution is 2.42. The molecule has 2 aliphatic rings. The zero-order valence-corrected chi connectivity index (χ0v) is 20.7. The maximum absolute atomic E-state index is 12.7. The van der Waals surface area contributed by atoms with Crippen molar-refractivity contribution in [1.29, 1.82) is 0 Å². The molecule has 3 N–H and O–H groups in total. The highest BCUT2D eigenvalue weighted by atomic mass is 35.5. The molecule has 2 heterocycles. The number of benzene rings is 2. The molecule has 1 aromatic heterocycles. The zero-order chi connectivity index (χ0) is 24.5. The van der Waals surface area contributed by atoms with Gasteiger partial charge in [-0.3, -0.25) is 0 Å². The molecule has 182 valence electrons. The van der Waals surface area contributed by atoms with Crippen LogP contribution in [0.5, 0.6) is 11.5 Å². The van der Waals surface area contributed by atoms with Crippen molar-refractivity contribution < 1.29 is 14.3 Å². The molecule has 10 heteroatoms. The quantitative estimate of drug-likeness (QED) is 0.468. The van der Waals surface area contributed by atoms with Gasteiger partial charge >= 0.3 is 6.03 Å². The fourth-order valence-electron chi connectivity index (χ4n) is 4.08. The Morgan fingerprint density at radius 2 is 1.94 bits per heavy atom. The average Bonchev–Trinajstić information content (AvgIpc) is 3.53. The van der Waals surface area contributed by atoms with E-state index < -0.39 is 0 Å². The van der Waals surface area contributed by atoms with Gasteiger partial charge in [0.2, 0.25) is 5.95 Å². The van der Waals surface area contributed by atoms with E-state index in [0.29, 0.717) is 58.9 Å². The van der Waals surface area contributed by atoms with Gasteiger partial charge in [-0.1, -0.05) is 35.3 Å². The Kier molecular flexibility index (Phi) is 6.58. The molecule has 1 fully saturated rings. The number of amides is 2. The number of rotatable bonds is 7. The maximum Gasteiger partial charge on any atom is 0.318 e. The molecule has 1 saturated carbocycles. The van der Waals surface area contributed by atoms with Crippen LogP contribution in [0.25, 0.3) is 11.3 Å². The minimum Gasteiger partial charge on any atom is -0.497 e. The van der Waals surface area contributed by atoms with Crippen LogP contribution < -0.4 is 20.5 Å². The fraction of sp³-hybridized carbons (Fsp3) is 0.320. The molecule has 0 spiro atoms. The third kappa shape index (κ3) is 5.23. The summed E-state index contributed by atoms with van der Waals surface area (Å²) in [7, 11) is 1.64. The Bertz CT molecular complexity index is 1260. The van der Waals surface area contributed by atoms with Gasteiger partial charge in [0.05, 0.1) is 48.8 Å². The summed E-state index contributed by atoms with van der Waals surface area (Å²) < 4.78 is 11.4. The van der Waals surface area contributed by atoms with Crippen LogP contribution in [0.3, 0.4) is 0 Å². The molecule has 1 aliphatic carbocycles. The van der Waals surface area contributed by atoms with Gasteiger partial charge in [0.25, 0.3) is 0 Å². The second-order valence-corrected chi connectivity index (χ2v) is 9.49. The predicted molar refractivity (Wildman–Crippen MR) is 135 cm³/mol. The number of nitrogens with two attached hydrogens (primary N) is 1. The lowest BCUT2D eigenvalue weighted by Gasteiger charge is -2.17. The van der Waals surface area contributed by atoms with E-state index in [1.54, 1.807) is 24.1 Å². The molecule has 0 bridgehead atoms. The molecule has 8 nitrogen and oxygen atoms in total. The lowest BCUT2D eigenvalue weighted by atomic mass is 10.0. The van der Waals surface area contributed by atoms with Crippen LogP contribution in [0, 0.1) is 0 Å². The molecule has 3 aromatic rings. The molecule has 0 unspecified atom stereocenters. The van der Waals surface area contributed by atoms with Crippen LogP contribution in [-0.4, -0.2) is 40.7 Å². The van der Waals surface area contributed by atoms with Crippen molar-refractivity contribution in [3.8, 4) is 22.8 Å². The van der Waals surface area contributed by atoms with Gasteiger partial charge in [0.15, 0.2) is 0 Å². The van der Waals surface area contributed by atoms with Crippen molar-refractivity contribution in [1.82, 2.24) is 20.2 Å². The van der Waals surface area contributed by atoms with Gasteiger partial charge < -0.3 is 25.4 Å². The number of hydrogen-bond donors (Lipinski definition) is 2. The van der Waals surface area contributed by atoms with Crippen LogP contribution >= 0.6 is 23.2 Å². The second kappa shape index (κ2) is 9.79. The summed E-state index contributed by atoms with van der Waals surface area (Å²) in [6, 6.07) is 11.3. The number of carbonyl (C=O) groups is 1. The maximum atomic E-state index is 12.7. The summed E-state index contributed by atoms with van der Waals surface area (Å²) in [5.74, 6) is 1.41. The molecule has 0 radical (unpaired) electrons. The number of methoxy groups -OCH3 is 1. The topological polar surface area (TPSA) is 103 Å². The smallest absolute Gasteiger partial charge is 0.318 e. The van der Waals surface area contributed by atoms with Gasteiger partial charge in [0.1, 0.15) is 11.5 Å². The Morgan fingerprint density at radius 3 is 2.66 bits per heavy atom. The number of aromatic nitrogens is 2. The largest absolute Gasteiger partial charge is 0.497 e. The number of anilines is 1. The molecule has 5 rings (SSSR count). The Hall–Kier alpha value is -3.23. The van der Waals surface area contributed by atoms with Crippen molar-refractivity contribution in [3.05, 3.63) is 63.3 Å². The lowest BCUT2D eigenvalue weighted by molar-refractivity contribution is 0.197. The summed E-state index contributed by atoms with van der Waals surface area (Å²) >= 11 is 13.0. The van der Waals surface area contributed by atoms with Crippen LogP contribution in [0.15, 0.2) is 36.4 Å². The number of fused-ring (bicyclic) bond motifs is 1. The number of halogens is 2. The average molecular weight is 514 g/mol. The van der Waals surface area contributed by atoms with Gasteiger partial charge in [-0.25, -0.2) is 14.8 Å². The van der Waals surface area contributed by atoms with E-state index in [0.717, 1.165) is 29.7 Å². The molecule has 35 heavy (non-hydrogen) atoms. The molecule has 1 aliphatic heterocycles. The molecule has 0 atom stereocenters. The summed E-state index contributed by atoms with van der Waals surface area (Å²) in [6.07, 6.45) is 2.71. The highest BCUT2D eigenvalue weighted by Gasteiger charge is 2.33. The standard InChI is InChI=1S/C25H25Cl2N5O3/c1-34-17-6-2-14(3-7-17)8-9-35-21-11-15(26)10-19(27)22(21)23-18-12-32(25(33)29-16-4-5-16)13-20(18)30-24(28)31-23/h2-3,6-7,10-11,16H,4-5,8-9,12-13H2,1H3,(H,29,33)(H2,28,30,31). The molecular weight excluding hydrogens is 489 g/mol. The lowest BCUT2D eigenvalue weighted by Crippen LogP contribution is -2.37. The van der Waals surface area contributed by atoms with Crippen molar-refractivity contribution in [3.63, 3.8) is 0 Å². The van der Waals surface area contributed by atoms with Gasteiger partial charge in [-0.05, 0) is 42.7 Å². The van der Waals surface area contributed by atoms with Gasteiger partial charge in [-0.15, -0.1) is 0 Å². The van der Waals surface area contributed by atoms with E-state index in [9.17, 15) is 4.79 Å². The Balaban J connectivity index is 1.41. The second-order valence-electron chi connectivity index (χ2n) is 8.64. The van der Waals surface area contributed by atoms with Gasteiger partial charge in [0, 0.05) is 23.0 Å². The van der Waals surface area contributed by atoms with Crippen LogP contribution in [-0.2, 0) is 19.5 Å². The van der Waals surface area contributed by atoms with Gasteiger partial charge in [-0.2, -0.15) is 0 Å². The summed E-state index contributed by atoms with van der Waals surface area (Å²) in [5, 5.41) is 3.85. The molecular formula is C25H25Cl2N5O3. The summed E-state index contributed by atoms with van der Waals surface area (Å²) in [6.45, 7) is 1.11. The first-order chi connectivity index (χ1) is 16.9. The number of carbonyl (C=O) groups excluding carboxylic acids is 1. The van der Waals surface area contributed by atoms with Crippen LogP contribution in [0.1, 0.15) is 29.7 Å². The fourth-order valence-corrected chi connectivity index (χ4v) is 4.65. The predicted octanol–water partition coefficient (Wildman–Crippen LogP) is 4.85. The first-order valence-electron chi connectivity index (χ1n) is 11.4. The third-order valence-corrected chi connectivity index (χ3v) is 6.57. The normalized spacial score (nSPS) is 14.5. The molecule has 2 aromatic carbocycles. The van der Waals surface area contributed by atoms with Crippen molar-refractivity contribution >= 4 is 35.2 Å². The van der Waals surface area contributed by atoms with E-state index in [1.807, 2.05) is 24.3 Å². The Labute approximate surface area is 213 Å². The number of nitrogens with zero attached hydrogens (tertiary/aromatic N) is 3. The first-order valence-corrected chi connectivity index (χ1v) is 12.1. The minimum absolute atomic E-state index is 0.110. The Morgan fingerprint density at radius 1 is 1.17 bits per heavy atom. The number of urea groups is 1. The number of hydrogen-bond acceptors (Lipinski definition) is 6. The van der Waals surface area contributed by atoms with E-state index in [-0.39, 0.29) is 18.0 Å². The molecule has 0 saturated heterocycles. The van der Waals surface area contributed by atoms with Crippen LogP contribution in [0.2, 0.25) is 10.0 Å². The number of ether oxygens (including phenoxy) is 2. The third-order valence-electron chi connectivity index (χ3n) is 6.05. The summed E-state index contributed by atoms with van der Waals surface area (Å²) in [4.78, 5) is 23.2. The van der Waals surface area contributed by atoms with Crippen LogP contribution in [0.4, 0.5) is 10.7 Å². The van der Waals surface area contributed by atoms with E-state index in [2.05, 4.69) is 15.3 Å². The zero-order valence-electron chi connectivity index (χ0n) is 19.2. The minimum atomic E-state index is -0.117. The number of nitrogen functional groups attached to an aromatic ring is 1. The first kappa shape index (κ1) is 23.5. The summed E-state index contributed by atoms with van der Waals surface area (Å²) in [5.41, 5.74) is 9.79. The van der Waals surface area contributed by atoms with E-state index in [4.69, 9.17) is 38.4 Å².